The lowest BCUT2D eigenvalue weighted by atomic mass is 10.2. The molecule has 0 saturated heterocycles. The predicted octanol–water partition coefficient (Wildman–Crippen LogP) is 3.24. The number of thioether (sulfide) groups is 1. The van der Waals surface area contributed by atoms with Crippen LogP contribution < -0.4 is 10.1 Å². The summed E-state index contributed by atoms with van der Waals surface area (Å²) in [5.41, 5.74) is 2.52. The highest BCUT2D eigenvalue weighted by Gasteiger charge is 2.09. The summed E-state index contributed by atoms with van der Waals surface area (Å²) in [5, 5.41) is 3.37. The van der Waals surface area contributed by atoms with Crippen molar-refractivity contribution in [3.63, 3.8) is 0 Å². The van der Waals surface area contributed by atoms with Gasteiger partial charge in [0.05, 0.1) is 12.9 Å². The summed E-state index contributed by atoms with van der Waals surface area (Å²) in [4.78, 5) is 16.3. The number of carbonyl (C=O) groups is 1. The van der Waals surface area contributed by atoms with Crippen molar-refractivity contribution in [3.05, 3.63) is 54.1 Å². The van der Waals surface area contributed by atoms with Gasteiger partial charge in [-0.25, -0.2) is 4.98 Å². The molecular weight excluding hydrogens is 312 g/mol. The lowest BCUT2D eigenvalue weighted by Gasteiger charge is -2.06. The molecule has 0 spiro atoms. The number of ether oxygens (including phenoxy) is 1. The van der Waals surface area contributed by atoms with Crippen molar-refractivity contribution in [2.75, 3.05) is 12.9 Å². The van der Waals surface area contributed by atoms with Gasteiger partial charge in [0, 0.05) is 6.54 Å². The number of fused-ring (bicyclic) bond motifs is 1. The maximum atomic E-state index is 11.9. The summed E-state index contributed by atoms with van der Waals surface area (Å²) in [6.07, 6.45) is 0. The zero-order valence-corrected chi connectivity index (χ0v) is 13.4. The molecule has 118 valence electrons. The minimum absolute atomic E-state index is 0.0694. The van der Waals surface area contributed by atoms with Crippen LogP contribution in [0.2, 0.25) is 0 Å². The van der Waals surface area contributed by atoms with Crippen LogP contribution in [0.25, 0.3) is 11.1 Å². The molecule has 0 fully saturated rings. The molecule has 1 amide bonds. The smallest absolute Gasteiger partial charge is 0.257 e. The Morgan fingerprint density at radius 3 is 2.96 bits per heavy atom. The number of aromatic nitrogens is 1. The van der Waals surface area contributed by atoms with Gasteiger partial charge in [-0.05, 0) is 29.8 Å². The van der Waals surface area contributed by atoms with E-state index < -0.39 is 0 Å². The van der Waals surface area contributed by atoms with Gasteiger partial charge in [0.15, 0.2) is 5.58 Å². The van der Waals surface area contributed by atoms with Gasteiger partial charge in [-0.2, -0.15) is 0 Å². The minimum atomic E-state index is -0.0694. The van der Waals surface area contributed by atoms with Crippen LogP contribution in [0.5, 0.6) is 5.75 Å². The average molecular weight is 328 g/mol. The van der Waals surface area contributed by atoms with Crippen molar-refractivity contribution in [3.8, 4) is 5.75 Å². The number of amides is 1. The summed E-state index contributed by atoms with van der Waals surface area (Å²) >= 11 is 1.28. The number of benzene rings is 2. The Hall–Kier alpha value is -2.47. The normalized spacial score (nSPS) is 10.7. The number of oxazole rings is 1. The van der Waals surface area contributed by atoms with Crippen LogP contribution in [0.4, 0.5) is 0 Å². The summed E-state index contributed by atoms with van der Waals surface area (Å²) in [7, 11) is 1.62. The van der Waals surface area contributed by atoms with Gasteiger partial charge in [-0.1, -0.05) is 36.0 Å². The van der Waals surface area contributed by atoms with Gasteiger partial charge in [-0.3, -0.25) is 4.79 Å². The van der Waals surface area contributed by atoms with Crippen molar-refractivity contribution in [2.24, 2.45) is 0 Å². The number of carbonyl (C=O) groups excluding carboxylic acids is 1. The number of nitrogens with one attached hydrogen (secondary N) is 1. The minimum Gasteiger partial charge on any atom is -0.497 e. The van der Waals surface area contributed by atoms with E-state index >= 15 is 0 Å². The molecule has 0 aliphatic heterocycles. The Kier molecular flexibility index (Phi) is 4.83. The lowest BCUT2D eigenvalue weighted by Crippen LogP contribution is -2.24. The van der Waals surface area contributed by atoms with Crippen molar-refractivity contribution in [1.82, 2.24) is 10.3 Å². The molecule has 1 N–H and O–H groups in total. The van der Waals surface area contributed by atoms with Crippen molar-refractivity contribution in [2.45, 2.75) is 11.8 Å². The van der Waals surface area contributed by atoms with E-state index in [0.717, 1.165) is 22.4 Å². The molecule has 1 aromatic heterocycles. The molecule has 0 unspecified atom stereocenters. The van der Waals surface area contributed by atoms with E-state index in [1.165, 1.54) is 11.8 Å². The topological polar surface area (TPSA) is 64.4 Å². The molecule has 0 atom stereocenters. The SMILES string of the molecule is COc1cccc(CNC(=O)CSc2nc3ccccc3o2)c1. The summed E-state index contributed by atoms with van der Waals surface area (Å²) in [6.45, 7) is 0.462. The highest BCUT2D eigenvalue weighted by Crippen LogP contribution is 2.22. The fourth-order valence-electron chi connectivity index (χ4n) is 2.07. The van der Waals surface area contributed by atoms with Crippen LogP contribution in [0.1, 0.15) is 5.56 Å². The second-order valence-electron chi connectivity index (χ2n) is 4.86. The van der Waals surface area contributed by atoms with Crippen LogP contribution in [-0.2, 0) is 11.3 Å². The molecular formula is C17H16N2O3S. The fourth-order valence-corrected chi connectivity index (χ4v) is 2.74. The molecule has 0 aliphatic rings. The highest BCUT2D eigenvalue weighted by atomic mass is 32.2. The number of para-hydroxylation sites is 2. The maximum Gasteiger partial charge on any atom is 0.257 e. The molecule has 23 heavy (non-hydrogen) atoms. The Bertz CT molecular complexity index is 783. The number of hydrogen-bond donors (Lipinski definition) is 1. The van der Waals surface area contributed by atoms with E-state index in [4.69, 9.17) is 9.15 Å². The van der Waals surface area contributed by atoms with E-state index in [0.29, 0.717) is 11.8 Å². The summed E-state index contributed by atoms with van der Waals surface area (Å²) < 4.78 is 10.7. The second kappa shape index (κ2) is 7.19. The fraction of sp³-hybridized carbons (Fsp3) is 0.176. The van der Waals surface area contributed by atoms with Crippen molar-refractivity contribution < 1.29 is 13.9 Å². The van der Waals surface area contributed by atoms with Gasteiger partial charge in [0.25, 0.3) is 5.22 Å². The number of hydrogen-bond acceptors (Lipinski definition) is 5. The Morgan fingerprint density at radius 2 is 2.13 bits per heavy atom. The van der Waals surface area contributed by atoms with E-state index in [1.54, 1.807) is 7.11 Å². The molecule has 3 aromatic rings. The highest BCUT2D eigenvalue weighted by molar-refractivity contribution is 7.99. The van der Waals surface area contributed by atoms with E-state index in [2.05, 4.69) is 10.3 Å². The first-order chi connectivity index (χ1) is 11.2. The van der Waals surface area contributed by atoms with Gasteiger partial charge in [0.1, 0.15) is 11.3 Å². The quantitative estimate of drug-likeness (QED) is 0.704. The van der Waals surface area contributed by atoms with Crippen LogP contribution in [0, 0.1) is 0 Å². The second-order valence-corrected chi connectivity index (χ2v) is 5.79. The zero-order chi connectivity index (χ0) is 16.1. The molecule has 6 heteroatoms. The lowest BCUT2D eigenvalue weighted by molar-refractivity contribution is -0.118. The van der Waals surface area contributed by atoms with Crippen LogP contribution in [0.3, 0.4) is 0 Å². The van der Waals surface area contributed by atoms with Gasteiger partial charge in [-0.15, -0.1) is 0 Å². The molecule has 5 nitrogen and oxygen atoms in total. The predicted molar refractivity (Wildman–Crippen MR) is 89.6 cm³/mol. The maximum absolute atomic E-state index is 11.9. The van der Waals surface area contributed by atoms with Crippen molar-refractivity contribution >= 4 is 28.8 Å². The van der Waals surface area contributed by atoms with Crippen LogP contribution in [0.15, 0.2) is 58.2 Å². The first-order valence-electron chi connectivity index (χ1n) is 7.12. The molecule has 0 radical (unpaired) electrons. The van der Waals surface area contributed by atoms with Gasteiger partial charge >= 0.3 is 0 Å². The van der Waals surface area contributed by atoms with E-state index in [1.807, 2.05) is 48.5 Å². The van der Waals surface area contributed by atoms with E-state index in [9.17, 15) is 4.79 Å². The third kappa shape index (κ3) is 4.04. The third-order valence-electron chi connectivity index (χ3n) is 3.22. The number of methoxy groups -OCH3 is 1. The van der Waals surface area contributed by atoms with Crippen LogP contribution in [-0.4, -0.2) is 23.8 Å². The third-order valence-corrected chi connectivity index (χ3v) is 4.05. The molecule has 0 saturated carbocycles. The monoisotopic (exact) mass is 328 g/mol. The largest absolute Gasteiger partial charge is 0.497 e. The van der Waals surface area contributed by atoms with Crippen LogP contribution >= 0.6 is 11.8 Å². The molecule has 2 aromatic carbocycles. The van der Waals surface area contributed by atoms with Gasteiger partial charge < -0.3 is 14.5 Å². The van der Waals surface area contributed by atoms with Gasteiger partial charge in [0.2, 0.25) is 5.91 Å². The molecule has 0 bridgehead atoms. The zero-order valence-electron chi connectivity index (χ0n) is 12.6. The molecule has 3 rings (SSSR count). The standard InChI is InChI=1S/C17H16N2O3S/c1-21-13-6-4-5-12(9-13)10-18-16(20)11-23-17-19-14-7-2-3-8-15(14)22-17/h2-9H,10-11H2,1H3,(H,18,20). The first-order valence-corrected chi connectivity index (χ1v) is 8.11. The molecule has 1 heterocycles. The number of nitrogens with zero attached hydrogens (tertiary/aromatic N) is 1. The Balaban J connectivity index is 1.51. The average Bonchev–Trinajstić information content (AvgIpc) is 3.01. The summed E-state index contributed by atoms with van der Waals surface area (Å²) in [5.74, 6) is 0.967. The summed E-state index contributed by atoms with van der Waals surface area (Å²) in [6, 6.07) is 15.1. The van der Waals surface area contributed by atoms with Crippen molar-refractivity contribution in [1.29, 1.82) is 0 Å². The number of rotatable bonds is 6. The molecule has 0 aliphatic carbocycles. The Morgan fingerprint density at radius 1 is 1.26 bits per heavy atom. The first kappa shape index (κ1) is 15.4. The van der Waals surface area contributed by atoms with E-state index in [-0.39, 0.29) is 11.7 Å². The Labute approximate surface area is 138 Å².